The van der Waals surface area contributed by atoms with Crippen molar-refractivity contribution in [3.05, 3.63) is 51.6 Å². The van der Waals surface area contributed by atoms with Gasteiger partial charge in [0.1, 0.15) is 5.82 Å². The van der Waals surface area contributed by atoms with E-state index >= 15 is 0 Å². The first-order valence-electron chi connectivity index (χ1n) is 6.68. The Morgan fingerprint density at radius 3 is 3.20 bits per heavy atom. The summed E-state index contributed by atoms with van der Waals surface area (Å²) in [5.41, 5.74) is 2.78. The standard InChI is InChI=1S/C15H12N4S/c16-9-10-4-6-19-14(8-10)17-18-15(19)12-2-1-3-13-11(12)5-7-20-13/h4-8,12H,1-3H2. The lowest BCUT2D eigenvalue weighted by atomic mass is 9.87. The fourth-order valence-electron chi connectivity index (χ4n) is 2.97. The Kier molecular flexibility index (Phi) is 2.57. The molecule has 0 N–H and O–H groups in total. The van der Waals surface area contributed by atoms with Gasteiger partial charge >= 0.3 is 0 Å². The molecule has 3 aromatic heterocycles. The lowest BCUT2D eigenvalue weighted by Gasteiger charge is -2.21. The third kappa shape index (κ3) is 1.65. The van der Waals surface area contributed by atoms with Crippen molar-refractivity contribution in [1.29, 1.82) is 5.26 Å². The second-order valence-corrected chi connectivity index (χ2v) is 6.06. The maximum absolute atomic E-state index is 8.95. The van der Waals surface area contributed by atoms with Gasteiger partial charge in [0.2, 0.25) is 0 Å². The van der Waals surface area contributed by atoms with Crippen molar-refractivity contribution in [2.75, 3.05) is 0 Å². The molecule has 98 valence electrons. The smallest absolute Gasteiger partial charge is 0.162 e. The molecule has 1 unspecified atom stereocenters. The molecule has 3 heterocycles. The maximum Gasteiger partial charge on any atom is 0.162 e. The van der Waals surface area contributed by atoms with Gasteiger partial charge in [-0.2, -0.15) is 5.26 Å². The molecular weight excluding hydrogens is 268 g/mol. The van der Waals surface area contributed by atoms with Crippen LogP contribution in [0.1, 0.15) is 40.6 Å². The summed E-state index contributed by atoms with van der Waals surface area (Å²) < 4.78 is 2.01. The highest BCUT2D eigenvalue weighted by molar-refractivity contribution is 7.10. The third-order valence-electron chi connectivity index (χ3n) is 3.93. The van der Waals surface area contributed by atoms with E-state index in [1.165, 1.54) is 23.3 Å². The largest absolute Gasteiger partial charge is 0.286 e. The predicted octanol–water partition coefficient (Wildman–Crippen LogP) is 3.13. The van der Waals surface area contributed by atoms with E-state index in [0.717, 1.165) is 17.9 Å². The van der Waals surface area contributed by atoms with Crippen LogP contribution in [0.25, 0.3) is 5.65 Å². The predicted molar refractivity (Wildman–Crippen MR) is 76.8 cm³/mol. The number of aryl methyl sites for hydroxylation is 1. The van der Waals surface area contributed by atoms with E-state index in [2.05, 4.69) is 27.7 Å². The van der Waals surface area contributed by atoms with Gasteiger partial charge in [-0.05, 0) is 42.3 Å². The van der Waals surface area contributed by atoms with E-state index in [9.17, 15) is 0 Å². The zero-order chi connectivity index (χ0) is 13.5. The van der Waals surface area contributed by atoms with Crippen LogP contribution in [0, 0.1) is 11.3 Å². The van der Waals surface area contributed by atoms with Gasteiger partial charge in [-0.25, -0.2) is 0 Å². The van der Waals surface area contributed by atoms with Crippen LogP contribution in [-0.2, 0) is 6.42 Å². The molecule has 20 heavy (non-hydrogen) atoms. The summed E-state index contributed by atoms with van der Waals surface area (Å²) in [6.07, 6.45) is 5.40. The number of nitrogens with zero attached hydrogens (tertiary/aromatic N) is 4. The quantitative estimate of drug-likeness (QED) is 0.688. The van der Waals surface area contributed by atoms with Crippen LogP contribution in [0.2, 0.25) is 0 Å². The van der Waals surface area contributed by atoms with Crippen LogP contribution in [0.5, 0.6) is 0 Å². The number of fused-ring (bicyclic) bond motifs is 2. The Morgan fingerprint density at radius 1 is 1.35 bits per heavy atom. The molecule has 3 aromatic rings. The van der Waals surface area contributed by atoms with E-state index in [4.69, 9.17) is 5.26 Å². The Morgan fingerprint density at radius 2 is 2.30 bits per heavy atom. The van der Waals surface area contributed by atoms with Crippen molar-refractivity contribution < 1.29 is 0 Å². The molecule has 0 fully saturated rings. The number of aromatic nitrogens is 3. The van der Waals surface area contributed by atoms with Crippen molar-refractivity contribution in [1.82, 2.24) is 14.6 Å². The maximum atomic E-state index is 8.95. The highest BCUT2D eigenvalue weighted by atomic mass is 32.1. The number of thiophene rings is 1. The molecular formula is C15H12N4S. The molecule has 4 rings (SSSR count). The second kappa shape index (κ2) is 4.43. The lowest BCUT2D eigenvalue weighted by molar-refractivity contribution is 0.593. The Bertz CT molecular complexity index is 824. The van der Waals surface area contributed by atoms with Crippen LogP contribution in [-0.4, -0.2) is 14.6 Å². The van der Waals surface area contributed by atoms with Crippen LogP contribution >= 0.6 is 11.3 Å². The first kappa shape index (κ1) is 11.6. The zero-order valence-electron chi connectivity index (χ0n) is 10.8. The summed E-state index contributed by atoms with van der Waals surface area (Å²) in [5, 5.41) is 19.7. The highest BCUT2D eigenvalue weighted by Gasteiger charge is 2.26. The molecule has 0 aliphatic heterocycles. The number of rotatable bonds is 1. The van der Waals surface area contributed by atoms with Gasteiger partial charge < -0.3 is 0 Å². The zero-order valence-corrected chi connectivity index (χ0v) is 11.6. The van der Waals surface area contributed by atoms with Crippen molar-refractivity contribution in [3.63, 3.8) is 0 Å². The van der Waals surface area contributed by atoms with Crippen LogP contribution in [0.15, 0.2) is 29.8 Å². The molecule has 0 spiro atoms. The van der Waals surface area contributed by atoms with Crippen LogP contribution < -0.4 is 0 Å². The van der Waals surface area contributed by atoms with Crippen LogP contribution in [0.4, 0.5) is 0 Å². The van der Waals surface area contributed by atoms with Gasteiger partial charge in [0, 0.05) is 23.1 Å². The number of pyridine rings is 1. The van der Waals surface area contributed by atoms with Crippen molar-refractivity contribution in [3.8, 4) is 6.07 Å². The molecule has 1 aliphatic rings. The summed E-state index contributed by atoms with van der Waals surface area (Å²) in [6, 6.07) is 7.96. The van der Waals surface area contributed by atoms with Crippen molar-refractivity contribution in [2.24, 2.45) is 0 Å². The molecule has 0 saturated carbocycles. The van der Waals surface area contributed by atoms with Gasteiger partial charge in [0.15, 0.2) is 5.65 Å². The van der Waals surface area contributed by atoms with E-state index < -0.39 is 0 Å². The minimum absolute atomic E-state index is 0.327. The average Bonchev–Trinajstić information content (AvgIpc) is 3.12. The van der Waals surface area contributed by atoms with Crippen molar-refractivity contribution >= 4 is 17.0 Å². The fourth-order valence-corrected chi connectivity index (χ4v) is 3.96. The van der Waals surface area contributed by atoms with Gasteiger partial charge in [-0.1, -0.05) is 0 Å². The van der Waals surface area contributed by atoms with Gasteiger partial charge in [-0.15, -0.1) is 21.5 Å². The number of hydrogen-bond donors (Lipinski definition) is 0. The topological polar surface area (TPSA) is 54.0 Å². The fraction of sp³-hybridized carbons (Fsp3) is 0.267. The third-order valence-corrected chi connectivity index (χ3v) is 4.93. The molecule has 0 aromatic carbocycles. The first-order valence-corrected chi connectivity index (χ1v) is 7.56. The van der Waals surface area contributed by atoms with E-state index in [-0.39, 0.29) is 0 Å². The van der Waals surface area contributed by atoms with Crippen LogP contribution in [0.3, 0.4) is 0 Å². The Hall–Kier alpha value is -2.19. The molecule has 0 amide bonds. The normalized spacial score (nSPS) is 17.9. The molecule has 1 atom stereocenters. The Labute approximate surface area is 120 Å². The molecule has 0 radical (unpaired) electrons. The Balaban J connectivity index is 1.87. The molecule has 5 heteroatoms. The minimum atomic E-state index is 0.327. The summed E-state index contributed by atoms with van der Waals surface area (Å²) in [5.74, 6) is 1.32. The van der Waals surface area contributed by atoms with E-state index in [1.54, 1.807) is 6.07 Å². The van der Waals surface area contributed by atoms with E-state index in [0.29, 0.717) is 11.5 Å². The highest BCUT2D eigenvalue weighted by Crippen LogP contribution is 2.38. The molecule has 4 nitrogen and oxygen atoms in total. The average molecular weight is 280 g/mol. The van der Waals surface area contributed by atoms with Gasteiger partial charge in [-0.3, -0.25) is 4.40 Å². The van der Waals surface area contributed by atoms with Gasteiger partial charge in [0.25, 0.3) is 0 Å². The number of hydrogen-bond acceptors (Lipinski definition) is 4. The monoisotopic (exact) mass is 280 g/mol. The summed E-state index contributed by atoms with van der Waals surface area (Å²) in [4.78, 5) is 1.48. The molecule has 1 aliphatic carbocycles. The van der Waals surface area contributed by atoms with Crippen molar-refractivity contribution in [2.45, 2.75) is 25.2 Å². The minimum Gasteiger partial charge on any atom is -0.286 e. The SMILES string of the molecule is N#Cc1ccn2c(C3CCCc4sccc43)nnc2c1. The first-order chi connectivity index (χ1) is 9.86. The molecule has 0 bridgehead atoms. The number of nitriles is 1. The lowest BCUT2D eigenvalue weighted by Crippen LogP contribution is -2.11. The summed E-state index contributed by atoms with van der Waals surface area (Å²) in [7, 11) is 0. The summed E-state index contributed by atoms with van der Waals surface area (Å²) >= 11 is 1.84. The summed E-state index contributed by atoms with van der Waals surface area (Å²) in [6.45, 7) is 0. The van der Waals surface area contributed by atoms with E-state index in [1.807, 2.05) is 28.0 Å². The molecule has 0 saturated heterocycles. The second-order valence-electron chi connectivity index (χ2n) is 5.06. The van der Waals surface area contributed by atoms with Gasteiger partial charge in [0.05, 0.1) is 11.6 Å².